The van der Waals surface area contributed by atoms with Crippen LogP contribution in [0.2, 0.25) is 0 Å². The smallest absolute Gasteiger partial charge is 0.405 e. The van der Waals surface area contributed by atoms with Crippen molar-refractivity contribution in [3.63, 3.8) is 0 Å². The molecular formula is C33H53ClN8O5. The summed E-state index contributed by atoms with van der Waals surface area (Å²) in [6.07, 6.45) is 8.34. The second-order valence-electron chi connectivity index (χ2n) is 12.8. The highest BCUT2D eigenvalue weighted by Gasteiger charge is 2.33. The van der Waals surface area contributed by atoms with E-state index in [-0.39, 0.29) is 43.0 Å². The number of H-pyrrole nitrogens is 1. The number of aliphatic imine (C=N–C) groups is 1. The Kier molecular flexibility index (Phi) is 17.1. The number of aromatic amines is 1. The van der Waals surface area contributed by atoms with Crippen LogP contribution >= 0.6 is 12.4 Å². The highest BCUT2D eigenvalue weighted by molar-refractivity contribution is 5.91. The van der Waals surface area contributed by atoms with Crippen LogP contribution < -0.4 is 27.4 Å². The summed E-state index contributed by atoms with van der Waals surface area (Å²) in [5.41, 5.74) is 12.4. The van der Waals surface area contributed by atoms with Crippen molar-refractivity contribution in [1.82, 2.24) is 25.9 Å². The van der Waals surface area contributed by atoms with Crippen LogP contribution in [-0.2, 0) is 22.4 Å². The molecule has 10 N–H and O–H groups in total. The molecule has 3 amide bonds. The van der Waals surface area contributed by atoms with Gasteiger partial charge in [-0.05, 0) is 42.6 Å². The summed E-state index contributed by atoms with van der Waals surface area (Å²) < 4.78 is 0. The Hall–Kier alpha value is -3.84. The van der Waals surface area contributed by atoms with Gasteiger partial charge in [0.1, 0.15) is 12.1 Å². The van der Waals surface area contributed by atoms with Gasteiger partial charge in [-0.3, -0.25) is 14.6 Å². The zero-order valence-electron chi connectivity index (χ0n) is 27.4. The SMILES string of the molecule is CC(C)[C@@H](CCN=C(N)N)C[C@@H](O)[C@H](CC1CCCCC1)NC(=O)[C@H](Cc1cnc[nH]1)NC(=O)[C@H](Cc1ccccc1)NC(=O)O.Cl. The highest BCUT2D eigenvalue weighted by atomic mass is 35.5. The van der Waals surface area contributed by atoms with Gasteiger partial charge >= 0.3 is 6.09 Å². The first-order valence-corrected chi connectivity index (χ1v) is 16.4. The molecule has 1 heterocycles. The number of amides is 3. The molecule has 47 heavy (non-hydrogen) atoms. The number of hydrogen-bond donors (Lipinski definition) is 8. The van der Waals surface area contributed by atoms with E-state index in [2.05, 4.69) is 44.8 Å². The number of rotatable bonds is 18. The van der Waals surface area contributed by atoms with Crippen LogP contribution in [0.3, 0.4) is 0 Å². The lowest BCUT2D eigenvalue weighted by atomic mass is 9.80. The van der Waals surface area contributed by atoms with Crippen molar-refractivity contribution >= 4 is 36.3 Å². The molecule has 0 radical (unpaired) electrons. The van der Waals surface area contributed by atoms with Gasteiger partial charge in [-0.15, -0.1) is 12.4 Å². The van der Waals surface area contributed by atoms with Gasteiger partial charge < -0.3 is 42.6 Å². The van der Waals surface area contributed by atoms with Gasteiger partial charge in [0, 0.05) is 31.3 Å². The van der Waals surface area contributed by atoms with Gasteiger partial charge in [0.05, 0.1) is 18.5 Å². The summed E-state index contributed by atoms with van der Waals surface area (Å²) in [4.78, 5) is 50.2. The predicted molar refractivity (Wildman–Crippen MR) is 184 cm³/mol. The number of nitrogens with one attached hydrogen (secondary N) is 4. The number of halogens is 1. The van der Waals surface area contributed by atoms with Crippen LogP contribution in [0.15, 0.2) is 47.8 Å². The molecule has 2 aromatic rings. The van der Waals surface area contributed by atoms with Gasteiger partial charge in [0.2, 0.25) is 11.8 Å². The zero-order chi connectivity index (χ0) is 33.5. The van der Waals surface area contributed by atoms with Crippen molar-refractivity contribution in [2.75, 3.05) is 6.54 Å². The molecule has 3 rings (SSSR count). The van der Waals surface area contributed by atoms with Gasteiger partial charge in [-0.25, -0.2) is 9.78 Å². The predicted octanol–water partition coefficient (Wildman–Crippen LogP) is 2.88. The van der Waals surface area contributed by atoms with Gasteiger partial charge in [-0.2, -0.15) is 0 Å². The molecule has 5 atom stereocenters. The number of nitrogens with two attached hydrogens (primary N) is 2. The molecule has 13 nitrogen and oxygen atoms in total. The third kappa shape index (κ3) is 14.2. The van der Waals surface area contributed by atoms with E-state index in [0.29, 0.717) is 37.4 Å². The highest BCUT2D eigenvalue weighted by Crippen LogP contribution is 2.30. The fourth-order valence-corrected chi connectivity index (χ4v) is 6.24. The zero-order valence-corrected chi connectivity index (χ0v) is 28.3. The second-order valence-corrected chi connectivity index (χ2v) is 12.8. The van der Waals surface area contributed by atoms with Crippen LogP contribution in [0.1, 0.15) is 76.5 Å². The standard InChI is InChI=1S/C33H52N8O5.ClH/c1-21(2)24(13-14-37-32(34)35)17-29(42)26(15-22-9-5-3-6-10-22)39-31(44)28(18-25-19-36-20-38-25)40-30(43)27(41-33(45)46)16-23-11-7-4-8-12-23;/h4,7-8,11-12,19-22,24,26-29,41-42H,3,5-6,9-10,13-18H2,1-2H3,(H,36,38)(H,39,44)(H,40,43)(H,45,46)(H4,34,35,37);1H/t24-,26-,27-,28-,29+;/m0./s1. The van der Waals surface area contributed by atoms with E-state index < -0.39 is 42.1 Å². The number of carbonyl (C=O) groups is 3. The lowest BCUT2D eigenvalue weighted by molar-refractivity contribution is -0.131. The third-order valence-electron chi connectivity index (χ3n) is 8.89. The van der Waals surface area contributed by atoms with Gasteiger partial charge in [0.15, 0.2) is 5.96 Å². The Bertz CT molecular complexity index is 1240. The van der Waals surface area contributed by atoms with Crippen molar-refractivity contribution in [3.8, 4) is 0 Å². The quantitative estimate of drug-likeness (QED) is 0.0864. The van der Waals surface area contributed by atoms with Gasteiger partial charge in [0.25, 0.3) is 0 Å². The van der Waals surface area contributed by atoms with E-state index in [1.165, 1.54) is 12.7 Å². The monoisotopic (exact) mass is 676 g/mol. The molecular weight excluding hydrogens is 624 g/mol. The Labute approximate surface area is 283 Å². The van der Waals surface area contributed by atoms with Crippen LogP contribution in [0, 0.1) is 17.8 Å². The topological polar surface area (TPSA) is 221 Å². The molecule has 1 aromatic carbocycles. The maximum absolute atomic E-state index is 14.0. The van der Waals surface area contributed by atoms with Crippen molar-refractivity contribution in [1.29, 1.82) is 0 Å². The van der Waals surface area contributed by atoms with E-state index in [1.807, 2.05) is 18.2 Å². The Balaban J connectivity index is 0.00000768. The lowest BCUT2D eigenvalue weighted by Crippen LogP contribution is -2.57. The molecule has 0 bridgehead atoms. The minimum Gasteiger partial charge on any atom is -0.465 e. The number of aromatic nitrogens is 2. The molecule has 1 aromatic heterocycles. The summed E-state index contributed by atoms with van der Waals surface area (Å²) in [5, 5.41) is 29.2. The number of benzene rings is 1. The van der Waals surface area contributed by atoms with E-state index in [1.54, 1.807) is 18.3 Å². The summed E-state index contributed by atoms with van der Waals surface area (Å²) in [6, 6.07) is 6.33. The van der Waals surface area contributed by atoms with E-state index >= 15 is 0 Å². The number of carbonyl (C=O) groups excluding carboxylic acids is 2. The second kappa shape index (κ2) is 20.4. The Morgan fingerprint density at radius 3 is 2.26 bits per heavy atom. The molecule has 1 aliphatic rings. The van der Waals surface area contributed by atoms with Crippen molar-refractivity contribution < 1.29 is 24.6 Å². The van der Waals surface area contributed by atoms with Crippen molar-refractivity contribution in [3.05, 3.63) is 54.1 Å². The van der Waals surface area contributed by atoms with E-state index in [9.17, 15) is 24.6 Å². The maximum Gasteiger partial charge on any atom is 0.405 e. The molecule has 262 valence electrons. The number of carboxylic acid groups (broad SMARTS) is 1. The summed E-state index contributed by atoms with van der Waals surface area (Å²) in [7, 11) is 0. The molecule has 1 saturated carbocycles. The van der Waals surface area contributed by atoms with Crippen LogP contribution in [-0.4, -0.2) is 74.8 Å². The van der Waals surface area contributed by atoms with Crippen LogP contribution in [0.5, 0.6) is 0 Å². The summed E-state index contributed by atoms with van der Waals surface area (Å²) in [5.74, 6) is -0.326. The Morgan fingerprint density at radius 2 is 1.66 bits per heavy atom. The summed E-state index contributed by atoms with van der Waals surface area (Å²) in [6.45, 7) is 4.63. The molecule has 0 saturated heterocycles. The van der Waals surface area contributed by atoms with E-state index in [4.69, 9.17) is 11.5 Å². The average molecular weight is 677 g/mol. The normalized spacial score (nSPS) is 16.5. The third-order valence-corrected chi connectivity index (χ3v) is 8.89. The largest absolute Gasteiger partial charge is 0.465 e. The maximum atomic E-state index is 14.0. The van der Waals surface area contributed by atoms with Gasteiger partial charge in [-0.1, -0.05) is 76.3 Å². The molecule has 1 fully saturated rings. The first-order chi connectivity index (χ1) is 22.0. The van der Waals surface area contributed by atoms with Crippen molar-refractivity contribution in [2.45, 2.75) is 102 Å². The molecule has 14 heteroatoms. The minimum absolute atomic E-state index is 0. The molecule has 0 spiro atoms. The first kappa shape index (κ1) is 39.3. The number of hydrogen-bond acceptors (Lipinski definition) is 6. The number of aliphatic hydroxyl groups is 1. The molecule has 1 aliphatic carbocycles. The average Bonchev–Trinajstić information content (AvgIpc) is 3.53. The van der Waals surface area contributed by atoms with E-state index in [0.717, 1.165) is 31.2 Å². The fraction of sp³-hybridized carbons (Fsp3) is 0.606. The number of guanidine groups is 1. The van der Waals surface area contributed by atoms with Crippen molar-refractivity contribution in [2.24, 2.45) is 34.2 Å². The first-order valence-electron chi connectivity index (χ1n) is 16.4. The van der Waals surface area contributed by atoms with Crippen LogP contribution in [0.4, 0.5) is 4.79 Å². The fourth-order valence-electron chi connectivity index (χ4n) is 6.24. The number of nitrogens with zero attached hydrogens (tertiary/aromatic N) is 2. The lowest BCUT2D eigenvalue weighted by Gasteiger charge is -2.33. The molecule has 0 unspecified atom stereocenters. The minimum atomic E-state index is -1.35. The number of imidazole rings is 1. The summed E-state index contributed by atoms with van der Waals surface area (Å²) >= 11 is 0. The van der Waals surface area contributed by atoms with Crippen LogP contribution in [0.25, 0.3) is 0 Å². The number of aliphatic hydroxyl groups excluding tert-OH is 1. The Morgan fingerprint density at radius 1 is 1.00 bits per heavy atom. The molecule has 0 aliphatic heterocycles.